The smallest absolute Gasteiger partial charge is 0.194 e. The molecule has 0 aromatic heterocycles. The maximum atomic E-state index is 13.1. The Balaban J connectivity index is 0.00000240. The van der Waals surface area contributed by atoms with E-state index >= 15 is 0 Å². The summed E-state index contributed by atoms with van der Waals surface area (Å²) < 4.78 is 17.7. The number of fused-ring (bicyclic) bond motifs is 3. The van der Waals surface area contributed by atoms with Crippen LogP contribution in [0.5, 0.6) is 17.2 Å². The van der Waals surface area contributed by atoms with Crippen LogP contribution in [0.25, 0.3) is 11.1 Å². The zero-order valence-corrected chi connectivity index (χ0v) is 17.9. The number of ether oxygens (including phenoxy) is 3. The molecule has 5 nitrogen and oxygen atoms in total. The van der Waals surface area contributed by atoms with Gasteiger partial charge in [-0.05, 0) is 44.9 Å². The van der Waals surface area contributed by atoms with E-state index in [9.17, 15) is 4.79 Å². The van der Waals surface area contributed by atoms with Gasteiger partial charge < -0.3 is 19.5 Å². The number of methoxy groups -OCH3 is 1. The second-order valence-corrected chi connectivity index (χ2v) is 7.43. The zero-order valence-electron chi connectivity index (χ0n) is 17.1. The van der Waals surface area contributed by atoms with Gasteiger partial charge in [-0.3, -0.25) is 4.79 Å². The number of benzene rings is 2. The molecule has 1 saturated heterocycles. The van der Waals surface area contributed by atoms with Crippen LogP contribution >= 0.6 is 12.4 Å². The lowest BCUT2D eigenvalue weighted by Crippen LogP contribution is -2.36. The minimum absolute atomic E-state index is 0. The number of carbonyl (C=O) groups excluding carboxylic acids is 1. The van der Waals surface area contributed by atoms with Crippen LogP contribution in [0.4, 0.5) is 0 Å². The van der Waals surface area contributed by atoms with Crippen molar-refractivity contribution < 1.29 is 19.0 Å². The van der Waals surface area contributed by atoms with E-state index in [1.807, 2.05) is 30.3 Å². The highest BCUT2D eigenvalue weighted by Gasteiger charge is 2.34. The van der Waals surface area contributed by atoms with Gasteiger partial charge in [0.1, 0.15) is 23.4 Å². The molecule has 0 amide bonds. The van der Waals surface area contributed by atoms with Crippen LogP contribution in [0, 0.1) is 0 Å². The zero-order chi connectivity index (χ0) is 19.7. The van der Waals surface area contributed by atoms with Gasteiger partial charge in [-0.2, -0.15) is 0 Å². The van der Waals surface area contributed by atoms with E-state index in [0.717, 1.165) is 36.3 Å². The molecule has 0 saturated carbocycles. The fourth-order valence-electron chi connectivity index (χ4n) is 4.11. The Hall–Kier alpha value is -2.24. The van der Waals surface area contributed by atoms with Gasteiger partial charge >= 0.3 is 0 Å². The Labute approximate surface area is 178 Å². The van der Waals surface area contributed by atoms with E-state index in [2.05, 4.69) is 19.2 Å². The molecule has 4 rings (SSSR count). The Morgan fingerprint density at radius 2 is 1.97 bits per heavy atom. The Bertz CT molecular complexity index is 893. The maximum Gasteiger partial charge on any atom is 0.194 e. The number of carbonyl (C=O) groups is 1. The molecule has 0 spiro atoms. The average Bonchev–Trinajstić information content (AvgIpc) is 3.34. The molecule has 29 heavy (non-hydrogen) atoms. The first kappa shape index (κ1) is 21.5. The van der Waals surface area contributed by atoms with E-state index in [0.29, 0.717) is 35.3 Å². The van der Waals surface area contributed by atoms with Crippen LogP contribution in [0.15, 0.2) is 30.3 Å². The topological polar surface area (TPSA) is 56.8 Å². The third-order valence-corrected chi connectivity index (χ3v) is 5.51. The fraction of sp³-hybridized carbons (Fsp3) is 0.435. The minimum Gasteiger partial charge on any atom is -0.496 e. The summed E-state index contributed by atoms with van der Waals surface area (Å²) in [6.45, 7) is 5.76. The van der Waals surface area contributed by atoms with Gasteiger partial charge in [-0.15, -0.1) is 12.4 Å². The summed E-state index contributed by atoms with van der Waals surface area (Å²) in [4.78, 5) is 13.1. The number of rotatable bonds is 7. The molecule has 1 N–H and O–H groups in total. The first-order chi connectivity index (χ1) is 13.6. The number of hydrogen-bond acceptors (Lipinski definition) is 5. The minimum atomic E-state index is -0.0117. The van der Waals surface area contributed by atoms with E-state index < -0.39 is 0 Å². The predicted octanol–water partition coefficient (Wildman–Crippen LogP) is 4.64. The molecule has 0 radical (unpaired) electrons. The summed E-state index contributed by atoms with van der Waals surface area (Å²) in [5.74, 6) is 2.01. The highest BCUT2D eigenvalue weighted by molar-refractivity contribution is 6.23. The molecular weight excluding hydrogens is 390 g/mol. The van der Waals surface area contributed by atoms with Crippen molar-refractivity contribution in [3.8, 4) is 28.4 Å². The van der Waals surface area contributed by atoms with Crippen LogP contribution < -0.4 is 19.5 Å². The number of nitrogens with one attached hydrogen (secondary N) is 1. The van der Waals surface area contributed by atoms with Crippen molar-refractivity contribution in [3.63, 3.8) is 0 Å². The number of ketones is 1. The monoisotopic (exact) mass is 417 g/mol. The highest BCUT2D eigenvalue weighted by Crippen LogP contribution is 2.49. The molecule has 2 aliphatic rings. The van der Waals surface area contributed by atoms with Crippen LogP contribution in [-0.4, -0.2) is 38.2 Å². The van der Waals surface area contributed by atoms with Gasteiger partial charge in [0.25, 0.3) is 0 Å². The molecule has 2 atom stereocenters. The SMILES string of the molecule is CCCOc1cc(OC)c2c(c1)C(=O)c1cccc(OC(C)C3CCCN3)c1-2.Cl. The van der Waals surface area contributed by atoms with E-state index in [4.69, 9.17) is 14.2 Å². The molecule has 2 unspecified atom stereocenters. The largest absolute Gasteiger partial charge is 0.496 e. The van der Waals surface area contributed by atoms with Crippen LogP contribution in [0.1, 0.15) is 49.0 Å². The Morgan fingerprint density at radius 3 is 2.66 bits per heavy atom. The number of hydrogen-bond donors (Lipinski definition) is 1. The average molecular weight is 418 g/mol. The molecule has 6 heteroatoms. The van der Waals surface area contributed by atoms with E-state index in [1.165, 1.54) is 6.42 Å². The van der Waals surface area contributed by atoms with Gasteiger partial charge in [-0.1, -0.05) is 19.1 Å². The van der Waals surface area contributed by atoms with E-state index in [1.54, 1.807) is 7.11 Å². The van der Waals surface area contributed by atoms with Crippen molar-refractivity contribution in [2.45, 2.75) is 45.3 Å². The Morgan fingerprint density at radius 1 is 1.17 bits per heavy atom. The highest BCUT2D eigenvalue weighted by atomic mass is 35.5. The van der Waals surface area contributed by atoms with Crippen molar-refractivity contribution in [2.75, 3.05) is 20.3 Å². The molecule has 1 aliphatic heterocycles. The lowest BCUT2D eigenvalue weighted by Gasteiger charge is -2.23. The maximum absolute atomic E-state index is 13.1. The number of halogens is 1. The summed E-state index contributed by atoms with van der Waals surface area (Å²) in [6, 6.07) is 9.69. The molecule has 1 aliphatic carbocycles. The van der Waals surface area contributed by atoms with Crippen molar-refractivity contribution in [3.05, 3.63) is 41.5 Å². The molecule has 2 aromatic carbocycles. The lowest BCUT2D eigenvalue weighted by molar-refractivity contribution is 0.104. The fourth-order valence-corrected chi connectivity index (χ4v) is 4.11. The van der Waals surface area contributed by atoms with Gasteiger partial charge in [-0.25, -0.2) is 0 Å². The molecule has 1 fully saturated rings. The van der Waals surface area contributed by atoms with E-state index in [-0.39, 0.29) is 24.3 Å². The molecule has 1 heterocycles. The Kier molecular flexibility index (Phi) is 6.70. The first-order valence-corrected chi connectivity index (χ1v) is 10.1. The molecular formula is C23H28ClNO4. The van der Waals surface area contributed by atoms with Gasteiger partial charge in [0, 0.05) is 34.4 Å². The lowest BCUT2D eigenvalue weighted by atomic mass is 10.0. The second kappa shape index (κ2) is 9.06. The third kappa shape index (κ3) is 3.94. The second-order valence-electron chi connectivity index (χ2n) is 7.43. The van der Waals surface area contributed by atoms with Gasteiger partial charge in [0.15, 0.2) is 5.78 Å². The summed E-state index contributed by atoms with van der Waals surface area (Å²) in [7, 11) is 1.62. The summed E-state index contributed by atoms with van der Waals surface area (Å²) in [6.07, 6.45) is 3.19. The molecule has 0 bridgehead atoms. The van der Waals surface area contributed by atoms with Crippen LogP contribution in [0.3, 0.4) is 0 Å². The standard InChI is InChI=1S/C23H27NO4.ClH/c1-4-11-27-15-12-17-22(20(13-15)26-3)21-16(23(17)25)7-5-9-19(21)28-14(2)18-8-6-10-24-18;/h5,7,9,12-14,18,24H,4,6,8,10-11H2,1-3H3;1H. The van der Waals surface area contributed by atoms with Gasteiger partial charge in [0.05, 0.1) is 13.7 Å². The quantitative estimate of drug-likeness (QED) is 0.607. The molecule has 156 valence electrons. The van der Waals surface area contributed by atoms with Crippen LogP contribution in [0.2, 0.25) is 0 Å². The molecule has 2 aromatic rings. The van der Waals surface area contributed by atoms with Crippen molar-refractivity contribution in [1.82, 2.24) is 5.32 Å². The van der Waals surface area contributed by atoms with Crippen molar-refractivity contribution >= 4 is 18.2 Å². The summed E-state index contributed by atoms with van der Waals surface area (Å²) in [5, 5.41) is 3.49. The van der Waals surface area contributed by atoms with Crippen LogP contribution in [-0.2, 0) is 0 Å². The third-order valence-electron chi connectivity index (χ3n) is 5.51. The van der Waals surface area contributed by atoms with Crippen molar-refractivity contribution in [1.29, 1.82) is 0 Å². The first-order valence-electron chi connectivity index (χ1n) is 10.1. The predicted molar refractivity (Wildman–Crippen MR) is 116 cm³/mol. The van der Waals surface area contributed by atoms with Gasteiger partial charge in [0.2, 0.25) is 0 Å². The normalized spacial score (nSPS) is 17.9. The summed E-state index contributed by atoms with van der Waals surface area (Å²) >= 11 is 0. The summed E-state index contributed by atoms with van der Waals surface area (Å²) in [5.41, 5.74) is 2.90. The van der Waals surface area contributed by atoms with Crippen molar-refractivity contribution in [2.24, 2.45) is 0 Å².